The van der Waals surface area contributed by atoms with Crippen LogP contribution in [0.1, 0.15) is 21.5 Å². The van der Waals surface area contributed by atoms with Crippen LogP contribution >= 0.6 is 11.6 Å². The quantitative estimate of drug-likeness (QED) is 0.517. The predicted molar refractivity (Wildman–Crippen MR) is 122 cm³/mol. The van der Waals surface area contributed by atoms with E-state index in [1.165, 1.54) is 36.3 Å². The van der Waals surface area contributed by atoms with E-state index in [-0.39, 0.29) is 35.0 Å². The summed E-state index contributed by atoms with van der Waals surface area (Å²) in [7, 11) is -1.04. The van der Waals surface area contributed by atoms with Crippen LogP contribution in [-0.2, 0) is 23.1 Å². The minimum absolute atomic E-state index is 0.0496. The highest BCUT2D eigenvalue weighted by Gasteiger charge is 2.23. The highest BCUT2D eigenvalue weighted by molar-refractivity contribution is 7.89. The number of aromatic hydroxyl groups is 1. The average Bonchev–Trinajstić information content (AvgIpc) is 2.79. The van der Waals surface area contributed by atoms with Crippen molar-refractivity contribution in [1.29, 1.82) is 0 Å². The Morgan fingerprint density at radius 1 is 1.09 bits per heavy atom. The van der Waals surface area contributed by atoms with Crippen molar-refractivity contribution >= 4 is 27.5 Å². The van der Waals surface area contributed by atoms with Gasteiger partial charge in [-0.3, -0.25) is 4.79 Å². The molecule has 0 aromatic heterocycles. The molecule has 0 aliphatic rings. The number of carbonyl (C=O) groups is 1. The van der Waals surface area contributed by atoms with Gasteiger partial charge in [-0.2, -0.15) is 0 Å². The molecule has 3 aromatic rings. The second kappa shape index (κ2) is 10.0. The van der Waals surface area contributed by atoms with Gasteiger partial charge in [-0.1, -0.05) is 41.9 Å². The molecule has 3 rings (SSSR count). The molecule has 0 fully saturated rings. The SMILES string of the molecule is COc1ccc(C(=O)N(C)Cc2ccccc2O)cc1S(=O)(=O)NCc1ccc(Cl)cc1. The average molecular weight is 475 g/mol. The lowest BCUT2D eigenvalue weighted by Gasteiger charge is -2.19. The van der Waals surface area contributed by atoms with Crippen LogP contribution in [0.2, 0.25) is 5.02 Å². The van der Waals surface area contributed by atoms with Crippen molar-refractivity contribution in [1.82, 2.24) is 9.62 Å². The van der Waals surface area contributed by atoms with Crippen LogP contribution in [0, 0.1) is 0 Å². The molecule has 0 heterocycles. The Labute approximate surface area is 192 Å². The number of amides is 1. The first-order valence-corrected chi connectivity index (χ1v) is 11.5. The zero-order chi connectivity index (χ0) is 23.3. The minimum atomic E-state index is -3.98. The first-order valence-electron chi connectivity index (χ1n) is 9.66. The number of para-hydroxylation sites is 1. The van der Waals surface area contributed by atoms with Gasteiger partial charge in [0.15, 0.2) is 0 Å². The number of benzene rings is 3. The number of hydrogen-bond acceptors (Lipinski definition) is 5. The van der Waals surface area contributed by atoms with E-state index >= 15 is 0 Å². The van der Waals surface area contributed by atoms with Crippen molar-refractivity contribution < 1.29 is 23.1 Å². The van der Waals surface area contributed by atoms with Crippen LogP contribution in [0.25, 0.3) is 0 Å². The Balaban J connectivity index is 1.83. The summed E-state index contributed by atoms with van der Waals surface area (Å²) >= 11 is 5.86. The number of sulfonamides is 1. The number of nitrogens with zero attached hydrogens (tertiary/aromatic N) is 1. The Bertz CT molecular complexity index is 1210. The number of nitrogens with one attached hydrogen (secondary N) is 1. The fraction of sp³-hybridized carbons (Fsp3) is 0.174. The Kier molecular flexibility index (Phi) is 7.40. The Morgan fingerprint density at radius 3 is 2.44 bits per heavy atom. The second-order valence-corrected chi connectivity index (χ2v) is 9.28. The molecule has 2 N–H and O–H groups in total. The lowest BCUT2D eigenvalue weighted by Crippen LogP contribution is -2.27. The van der Waals surface area contributed by atoms with Crippen LogP contribution in [0.3, 0.4) is 0 Å². The molecule has 1 amide bonds. The number of carbonyl (C=O) groups excluding carboxylic acids is 1. The van der Waals surface area contributed by atoms with Gasteiger partial charge in [0.2, 0.25) is 10.0 Å². The van der Waals surface area contributed by atoms with Crippen molar-refractivity contribution in [3.8, 4) is 11.5 Å². The van der Waals surface area contributed by atoms with Gasteiger partial charge in [0.25, 0.3) is 5.91 Å². The second-order valence-electron chi connectivity index (χ2n) is 7.11. The summed E-state index contributed by atoms with van der Waals surface area (Å²) in [6.07, 6.45) is 0. The first-order chi connectivity index (χ1) is 15.2. The zero-order valence-corrected chi connectivity index (χ0v) is 19.2. The highest BCUT2D eigenvalue weighted by atomic mass is 35.5. The first kappa shape index (κ1) is 23.6. The molecule has 0 spiro atoms. The van der Waals surface area contributed by atoms with E-state index in [0.29, 0.717) is 10.6 Å². The molecule has 0 saturated heterocycles. The number of phenols is 1. The predicted octanol–water partition coefficient (Wildman–Crippen LogP) is 3.80. The van der Waals surface area contributed by atoms with E-state index in [2.05, 4.69) is 4.72 Å². The highest BCUT2D eigenvalue weighted by Crippen LogP contribution is 2.26. The van der Waals surface area contributed by atoms with E-state index < -0.39 is 15.9 Å². The summed E-state index contributed by atoms with van der Waals surface area (Å²) in [5, 5.41) is 10.5. The van der Waals surface area contributed by atoms with Crippen LogP contribution < -0.4 is 9.46 Å². The molecule has 3 aromatic carbocycles. The maximum Gasteiger partial charge on any atom is 0.253 e. The van der Waals surface area contributed by atoms with Crippen molar-refractivity contribution in [2.45, 2.75) is 18.0 Å². The van der Waals surface area contributed by atoms with Gasteiger partial charge in [0.1, 0.15) is 16.4 Å². The normalized spacial score (nSPS) is 11.2. The lowest BCUT2D eigenvalue weighted by molar-refractivity contribution is 0.0784. The molecule has 0 radical (unpaired) electrons. The van der Waals surface area contributed by atoms with E-state index in [9.17, 15) is 18.3 Å². The lowest BCUT2D eigenvalue weighted by atomic mass is 10.1. The molecule has 0 atom stereocenters. The van der Waals surface area contributed by atoms with Crippen LogP contribution in [-0.4, -0.2) is 38.5 Å². The topological polar surface area (TPSA) is 95.9 Å². The molecule has 0 bridgehead atoms. The van der Waals surface area contributed by atoms with Gasteiger partial charge < -0.3 is 14.7 Å². The molecule has 7 nitrogen and oxygen atoms in total. The van der Waals surface area contributed by atoms with E-state index in [1.54, 1.807) is 49.5 Å². The van der Waals surface area contributed by atoms with Gasteiger partial charge in [0, 0.05) is 36.3 Å². The standard InChI is InChI=1S/C23H23ClN2O5S/c1-26(15-18-5-3-4-6-20(18)27)23(28)17-9-12-21(31-2)22(13-17)32(29,30)25-14-16-7-10-19(24)11-8-16/h3-13,25,27H,14-15H2,1-2H3. The summed E-state index contributed by atoms with van der Waals surface area (Å²) in [6, 6.07) is 17.7. The zero-order valence-electron chi connectivity index (χ0n) is 17.6. The van der Waals surface area contributed by atoms with E-state index in [0.717, 1.165) is 5.56 Å². The number of rotatable bonds is 8. The molecule has 0 aliphatic heterocycles. The molecule has 0 unspecified atom stereocenters. The Morgan fingerprint density at radius 2 is 1.78 bits per heavy atom. The maximum absolute atomic E-state index is 13.0. The molecule has 168 valence electrons. The summed E-state index contributed by atoms with van der Waals surface area (Å²) in [5.41, 5.74) is 1.48. The summed E-state index contributed by atoms with van der Waals surface area (Å²) in [6.45, 7) is 0.211. The molecule has 0 saturated carbocycles. The Hall–Kier alpha value is -3.07. The molecule has 32 heavy (non-hydrogen) atoms. The maximum atomic E-state index is 13.0. The molecule has 9 heteroatoms. The third-order valence-electron chi connectivity index (χ3n) is 4.83. The number of ether oxygens (including phenoxy) is 1. The van der Waals surface area contributed by atoms with Crippen LogP contribution in [0.5, 0.6) is 11.5 Å². The monoisotopic (exact) mass is 474 g/mol. The van der Waals surface area contributed by atoms with E-state index in [4.69, 9.17) is 16.3 Å². The number of hydrogen-bond donors (Lipinski definition) is 2. The van der Waals surface area contributed by atoms with Crippen molar-refractivity contribution in [2.24, 2.45) is 0 Å². The number of methoxy groups -OCH3 is 1. The van der Waals surface area contributed by atoms with E-state index in [1.807, 2.05) is 0 Å². The van der Waals surface area contributed by atoms with Crippen molar-refractivity contribution in [3.63, 3.8) is 0 Å². The van der Waals surface area contributed by atoms with Gasteiger partial charge in [0.05, 0.1) is 7.11 Å². The smallest absolute Gasteiger partial charge is 0.253 e. The summed E-state index contributed by atoms with van der Waals surface area (Å²) in [4.78, 5) is 14.2. The third-order valence-corrected chi connectivity index (χ3v) is 6.50. The van der Waals surface area contributed by atoms with Gasteiger partial charge in [-0.05, 0) is 42.0 Å². The summed E-state index contributed by atoms with van der Waals surface area (Å²) < 4.78 is 33.6. The number of halogens is 1. The van der Waals surface area contributed by atoms with Crippen LogP contribution in [0.15, 0.2) is 71.6 Å². The van der Waals surface area contributed by atoms with Crippen LogP contribution in [0.4, 0.5) is 0 Å². The largest absolute Gasteiger partial charge is 0.508 e. The third kappa shape index (κ3) is 5.59. The molecule has 0 aliphatic carbocycles. The van der Waals surface area contributed by atoms with Gasteiger partial charge in [-0.15, -0.1) is 0 Å². The molecular weight excluding hydrogens is 452 g/mol. The summed E-state index contributed by atoms with van der Waals surface area (Å²) in [5.74, 6) is -0.199. The fourth-order valence-electron chi connectivity index (χ4n) is 3.07. The van der Waals surface area contributed by atoms with Gasteiger partial charge >= 0.3 is 0 Å². The number of phenolic OH excluding ortho intramolecular Hbond substituents is 1. The van der Waals surface area contributed by atoms with Crippen molar-refractivity contribution in [2.75, 3.05) is 14.2 Å². The minimum Gasteiger partial charge on any atom is -0.508 e. The van der Waals surface area contributed by atoms with Crippen molar-refractivity contribution in [3.05, 3.63) is 88.4 Å². The fourth-order valence-corrected chi connectivity index (χ4v) is 4.41. The molecular formula is C23H23ClN2O5S. The van der Waals surface area contributed by atoms with Gasteiger partial charge in [-0.25, -0.2) is 13.1 Å².